The standard InChI is InChI=1S/C15H18N2O4S/c1-12(15(18)16-10-13-8-9-21-11-13)17(22(2,19)20)14-6-4-3-5-7-14/h3-9,11-12H,10H2,1-2H3,(H,16,18). The van der Waals surface area contributed by atoms with Crippen LogP contribution in [0, 0.1) is 0 Å². The van der Waals surface area contributed by atoms with E-state index in [4.69, 9.17) is 4.42 Å². The first kappa shape index (κ1) is 16.1. The highest BCUT2D eigenvalue weighted by molar-refractivity contribution is 7.92. The molecule has 2 rings (SSSR count). The molecule has 22 heavy (non-hydrogen) atoms. The van der Waals surface area contributed by atoms with E-state index in [0.717, 1.165) is 16.1 Å². The van der Waals surface area contributed by atoms with Crippen molar-refractivity contribution < 1.29 is 17.6 Å². The van der Waals surface area contributed by atoms with Crippen LogP contribution in [0.2, 0.25) is 0 Å². The van der Waals surface area contributed by atoms with E-state index in [1.54, 1.807) is 43.3 Å². The minimum absolute atomic E-state index is 0.284. The number of nitrogens with one attached hydrogen (secondary N) is 1. The molecule has 1 N–H and O–H groups in total. The van der Waals surface area contributed by atoms with Gasteiger partial charge in [0.1, 0.15) is 6.04 Å². The Morgan fingerprint density at radius 1 is 1.27 bits per heavy atom. The molecule has 0 bridgehead atoms. The first-order chi connectivity index (χ1) is 10.4. The topological polar surface area (TPSA) is 79.6 Å². The number of hydrogen-bond donors (Lipinski definition) is 1. The van der Waals surface area contributed by atoms with Gasteiger partial charge in [0, 0.05) is 12.1 Å². The highest BCUT2D eigenvalue weighted by Crippen LogP contribution is 2.20. The van der Waals surface area contributed by atoms with Gasteiger partial charge in [-0.15, -0.1) is 0 Å². The van der Waals surface area contributed by atoms with Gasteiger partial charge in [-0.1, -0.05) is 18.2 Å². The Morgan fingerprint density at radius 2 is 1.95 bits per heavy atom. The van der Waals surface area contributed by atoms with Crippen LogP contribution in [0.5, 0.6) is 0 Å². The molecule has 0 saturated heterocycles. The van der Waals surface area contributed by atoms with Crippen LogP contribution < -0.4 is 9.62 Å². The highest BCUT2D eigenvalue weighted by atomic mass is 32.2. The third kappa shape index (κ3) is 3.88. The SMILES string of the molecule is CC(C(=O)NCc1ccoc1)N(c1ccccc1)S(C)(=O)=O. The van der Waals surface area contributed by atoms with Crippen LogP contribution in [-0.4, -0.2) is 26.6 Å². The highest BCUT2D eigenvalue weighted by Gasteiger charge is 2.28. The maximum absolute atomic E-state index is 12.3. The molecular weight excluding hydrogens is 304 g/mol. The Hall–Kier alpha value is -2.28. The molecule has 0 aliphatic heterocycles. The molecule has 0 aliphatic rings. The van der Waals surface area contributed by atoms with E-state index < -0.39 is 16.1 Å². The maximum atomic E-state index is 12.3. The van der Waals surface area contributed by atoms with E-state index in [-0.39, 0.29) is 12.5 Å². The van der Waals surface area contributed by atoms with Crippen molar-refractivity contribution in [2.24, 2.45) is 0 Å². The van der Waals surface area contributed by atoms with E-state index in [0.29, 0.717) is 5.69 Å². The molecule has 2 aromatic rings. The summed E-state index contributed by atoms with van der Waals surface area (Å²) in [4.78, 5) is 12.3. The molecule has 0 saturated carbocycles. The third-order valence-corrected chi connectivity index (χ3v) is 4.39. The Balaban J connectivity index is 2.15. The molecule has 1 amide bonds. The van der Waals surface area contributed by atoms with Crippen molar-refractivity contribution in [1.29, 1.82) is 0 Å². The second kappa shape index (κ2) is 6.65. The summed E-state index contributed by atoms with van der Waals surface area (Å²) in [5, 5.41) is 2.70. The summed E-state index contributed by atoms with van der Waals surface area (Å²) < 4.78 is 30.1. The van der Waals surface area contributed by atoms with Crippen molar-refractivity contribution >= 4 is 21.6 Å². The van der Waals surface area contributed by atoms with E-state index in [2.05, 4.69) is 5.32 Å². The van der Waals surface area contributed by atoms with Gasteiger partial charge < -0.3 is 9.73 Å². The van der Waals surface area contributed by atoms with Crippen molar-refractivity contribution in [2.75, 3.05) is 10.6 Å². The minimum atomic E-state index is -3.58. The number of sulfonamides is 1. The van der Waals surface area contributed by atoms with E-state index in [9.17, 15) is 13.2 Å². The first-order valence-electron chi connectivity index (χ1n) is 6.73. The van der Waals surface area contributed by atoms with Crippen LogP contribution in [0.4, 0.5) is 5.69 Å². The van der Waals surface area contributed by atoms with Gasteiger partial charge in [0.25, 0.3) is 0 Å². The van der Waals surface area contributed by atoms with Gasteiger partial charge in [-0.05, 0) is 25.1 Å². The minimum Gasteiger partial charge on any atom is -0.472 e. The molecule has 6 nitrogen and oxygen atoms in total. The lowest BCUT2D eigenvalue weighted by Gasteiger charge is -2.28. The van der Waals surface area contributed by atoms with Gasteiger partial charge in [0.2, 0.25) is 15.9 Å². The lowest BCUT2D eigenvalue weighted by atomic mass is 10.2. The van der Waals surface area contributed by atoms with Crippen molar-refractivity contribution in [2.45, 2.75) is 19.5 Å². The zero-order valence-electron chi connectivity index (χ0n) is 12.4. The Bertz CT molecular complexity index is 711. The number of benzene rings is 1. The van der Waals surface area contributed by atoms with Crippen LogP contribution in [0.25, 0.3) is 0 Å². The fraction of sp³-hybridized carbons (Fsp3) is 0.267. The zero-order chi connectivity index (χ0) is 16.2. The summed E-state index contributed by atoms with van der Waals surface area (Å²) in [5.74, 6) is -0.379. The lowest BCUT2D eigenvalue weighted by molar-refractivity contribution is -0.122. The van der Waals surface area contributed by atoms with E-state index >= 15 is 0 Å². The largest absolute Gasteiger partial charge is 0.472 e. The van der Waals surface area contributed by atoms with E-state index in [1.807, 2.05) is 0 Å². The Kier molecular flexibility index (Phi) is 4.87. The molecule has 0 spiro atoms. The van der Waals surface area contributed by atoms with Crippen LogP contribution in [-0.2, 0) is 21.4 Å². The molecule has 0 fully saturated rings. The van der Waals surface area contributed by atoms with Gasteiger partial charge in [-0.2, -0.15) is 0 Å². The number of amides is 1. The molecule has 1 unspecified atom stereocenters. The lowest BCUT2D eigenvalue weighted by Crippen LogP contribution is -2.47. The van der Waals surface area contributed by atoms with Gasteiger partial charge in [-0.3, -0.25) is 9.10 Å². The van der Waals surface area contributed by atoms with Crippen molar-refractivity contribution in [3.63, 3.8) is 0 Å². The average Bonchev–Trinajstić information content (AvgIpc) is 2.97. The number of anilines is 1. The quantitative estimate of drug-likeness (QED) is 0.879. The zero-order valence-corrected chi connectivity index (χ0v) is 13.2. The van der Waals surface area contributed by atoms with Gasteiger partial charge >= 0.3 is 0 Å². The fourth-order valence-corrected chi connectivity index (χ4v) is 3.29. The number of nitrogens with zero attached hydrogens (tertiary/aromatic N) is 1. The molecule has 118 valence electrons. The van der Waals surface area contributed by atoms with Crippen LogP contribution >= 0.6 is 0 Å². The summed E-state index contributed by atoms with van der Waals surface area (Å²) in [5.41, 5.74) is 1.27. The second-order valence-electron chi connectivity index (χ2n) is 4.92. The smallest absolute Gasteiger partial charge is 0.243 e. The summed E-state index contributed by atoms with van der Waals surface area (Å²) in [7, 11) is -3.58. The molecule has 0 radical (unpaired) electrons. The molecule has 1 aromatic heterocycles. The normalized spacial score (nSPS) is 12.6. The maximum Gasteiger partial charge on any atom is 0.243 e. The monoisotopic (exact) mass is 322 g/mol. The molecule has 1 atom stereocenters. The van der Waals surface area contributed by atoms with Crippen LogP contribution in [0.3, 0.4) is 0 Å². The molecular formula is C15H18N2O4S. The number of furan rings is 1. The van der Waals surface area contributed by atoms with Crippen molar-refractivity contribution in [3.05, 3.63) is 54.5 Å². The van der Waals surface area contributed by atoms with Crippen LogP contribution in [0.1, 0.15) is 12.5 Å². The van der Waals surface area contributed by atoms with Crippen molar-refractivity contribution in [3.8, 4) is 0 Å². The fourth-order valence-electron chi connectivity index (χ4n) is 2.11. The predicted octanol–water partition coefficient (Wildman–Crippen LogP) is 1.75. The summed E-state index contributed by atoms with van der Waals surface area (Å²) in [6, 6.07) is 9.42. The number of hydrogen-bond acceptors (Lipinski definition) is 4. The molecule has 7 heteroatoms. The van der Waals surface area contributed by atoms with Gasteiger partial charge in [0.15, 0.2) is 0 Å². The number of para-hydroxylation sites is 1. The average molecular weight is 322 g/mol. The third-order valence-electron chi connectivity index (χ3n) is 3.15. The molecule has 0 aliphatic carbocycles. The van der Waals surface area contributed by atoms with E-state index in [1.165, 1.54) is 12.5 Å². The van der Waals surface area contributed by atoms with Crippen molar-refractivity contribution in [1.82, 2.24) is 5.32 Å². The summed E-state index contributed by atoms with van der Waals surface area (Å²) in [6.45, 7) is 1.84. The van der Waals surface area contributed by atoms with Crippen LogP contribution in [0.15, 0.2) is 53.3 Å². The van der Waals surface area contributed by atoms with Gasteiger partial charge in [-0.25, -0.2) is 8.42 Å². The second-order valence-corrected chi connectivity index (χ2v) is 6.78. The molecule has 1 aromatic carbocycles. The summed E-state index contributed by atoms with van der Waals surface area (Å²) >= 11 is 0. The van der Waals surface area contributed by atoms with Gasteiger partial charge in [0.05, 0.1) is 24.5 Å². The Labute approximate surface area is 129 Å². The summed E-state index contributed by atoms with van der Waals surface area (Å²) in [6.07, 6.45) is 4.12. The number of rotatable bonds is 6. The Morgan fingerprint density at radius 3 is 2.50 bits per heavy atom. The molecule has 1 heterocycles. The first-order valence-corrected chi connectivity index (χ1v) is 8.57. The number of carbonyl (C=O) groups excluding carboxylic acids is 1. The number of carbonyl (C=O) groups is 1. The predicted molar refractivity (Wildman–Crippen MR) is 83.8 cm³/mol.